The first-order chi connectivity index (χ1) is 8.15. The molecule has 3 rings (SSSR count). The van der Waals surface area contributed by atoms with Crippen LogP contribution in [0.2, 0.25) is 0 Å². The fourth-order valence-corrected chi connectivity index (χ4v) is 4.01. The molecule has 3 saturated heterocycles. The van der Waals surface area contributed by atoms with Gasteiger partial charge in [0.15, 0.2) is 0 Å². The van der Waals surface area contributed by atoms with Gasteiger partial charge < -0.3 is 10.0 Å². The second-order valence-electron chi connectivity index (χ2n) is 6.08. The molecule has 0 spiro atoms. The summed E-state index contributed by atoms with van der Waals surface area (Å²) in [6.45, 7) is 7.56. The molecule has 17 heavy (non-hydrogen) atoms. The summed E-state index contributed by atoms with van der Waals surface area (Å²) in [4.78, 5) is 16.2. The Bertz CT molecular complexity index is 321. The summed E-state index contributed by atoms with van der Waals surface area (Å²) in [7, 11) is 0. The smallest absolute Gasteiger partial charge is 0.308 e. The highest BCUT2D eigenvalue weighted by atomic mass is 16.4. The van der Waals surface area contributed by atoms with Crippen LogP contribution in [0.1, 0.15) is 19.8 Å². The molecule has 4 heteroatoms. The van der Waals surface area contributed by atoms with E-state index in [-0.39, 0.29) is 5.92 Å². The molecule has 0 aromatic rings. The maximum absolute atomic E-state index is 11.2. The lowest BCUT2D eigenvalue weighted by molar-refractivity contribution is -0.142. The van der Waals surface area contributed by atoms with Crippen LogP contribution in [0, 0.1) is 17.8 Å². The van der Waals surface area contributed by atoms with Gasteiger partial charge in [-0.1, -0.05) is 6.92 Å². The first-order valence-electron chi connectivity index (χ1n) is 6.84. The van der Waals surface area contributed by atoms with E-state index in [4.69, 9.17) is 0 Å². The predicted molar refractivity (Wildman–Crippen MR) is 64.8 cm³/mol. The highest BCUT2D eigenvalue weighted by Crippen LogP contribution is 2.35. The minimum Gasteiger partial charge on any atom is -0.481 e. The number of carbonyl (C=O) groups is 1. The zero-order valence-electron chi connectivity index (χ0n) is 10.5. The van der Waals surface area contributed by atoms with Crippen molar-refractivity contribution in [3.8, 4) is 0 Å². The summed E-state index contributed by atoms with van der Waals surface area (Å²) in [6.07, 6.45) is 2.55. The molecule has 1 N–H and O–H groups in total. The minimum atomic E-state index is -0.608. The van der Waals surface area contributed by atoms with E-state index in [2.05, 4.69) is 16.7 Å². The Labute approximate surface area is 103 Å². The normalized spacial score (nSPS) is 46.3. The molecule has 3 aliphatic heterocycles. The molecule has 96 valence electrons. The van der Waals surface area contributed by atoms with Gasteiger partial charge in [0, 0.05) is 25.7 Å². The van der Waals surface area contributed by atoms with Crippen molar-refractivity contribution >= 4 is 5.97 Å². The maximum atomic E-state index is 11.2. The van der Waals surface area contributed by atoms with E-state index in [1.54, 1.807) is 0 Å². The first kappa shape index (κ1) is 11.5. The molecule has 4 nitrogen and oxygen atoms in total. The Morgan fingerprint density at radius 1 is 1.18 bits per heavy atom. The quantitative estimate of drug-likeness (QED) is 0.770. The Morgan fingerprint density at radius 2 is 1.94 bits per heavy atom. The number of nitrogens with zero attached hydrogens (tertiary/aromatic N) is 2. The standard InChI is InChI=1S/C13H22N2O2/c1-9-6-15(8-11(9)13(16)17)12-3-5-14-4-2-10(12)7-14/h9-12H,2-8H2,1H3,(H,16,17)/t9-,10?,11-,12?/m1/s1. The van der Waals surface area contributed by atoms with Gasteiger partial charge in [0.05, 0.1) is 5.92 Å². The molecule has 5 atom stereocenters. The van der Waals surface area contributed by atoms with E-state index in [0.29, 0.717) is 12.0 Å². The monoisotopic (exact) mass is 238 g/mol. The van der Waals surface area contributed by atoms with Gasteiger partial charge in [-0.3, -0.25) is 9.69 Å². The van der Waals surface area contributed by atoms with E-state index in [1.807, 2.05) is 0 Å². The number of rotatable bonds is 2. The predicted octanol–water partition coefficient (Wildman–Crippen LogP) is 0.733. The van der Waals surface area contributed by atoms with Crippen LogP contribution in [0.4, 0.5) is 0 Å². The van der Waals surface area contributed by atoms with Crippen molar-refractivity contribution in [2.45, 2.75) is 25.8 Å². The molecule has 3 fully saturated rings. The third-order valence-electron chi connectivity index (χ3n) is 5.02. The van der Waals surface area contributed by atoms with Gasteiger partial charge >= 0.3 is 5.97 Å². The summed E-state index contributed by atoms with van der Waals surface area (Å²) in [5.74, 6) is 0.355. The Hall–Kier alpha value is -0.610. The van der Waals surface area contributed by atoms with E-state index >= 15 is 0 Å². The average Bonchev–Trinajstić information content (AvgIpc) is 2.84. The van der Waals surface area contributed by atoms with Crippen LogP contribution in [0.5, 0.6) is 0 Å². The largest absolute Gasteiger partial charge is 0.481 e. The lowest BCUT2D eigenvalue weighted by Crippen LogP contribution is -2.45. The number of carboxylic acid groups (broad SMARTS) is 1. The lowest BCUT2D eigenvalue weighted by atomic mass is 9.93. The molecule has 0 saturated carbocycles. The van der Waals surface area contributed by atoms with Crippen molar-refractivity contribution in [1.82, 2.24) is 9.80 Å². The molecule has 0 amide bonds. The molecule has 0 aromatic carbocycles. The summed E-state index contributed by atoms with van der Waals surface area (Å²) in [5.41, 5.74) is 0. The molecule has 3 unspecified atom stereocenters. The van der Waals surface area contributed by atoms with Crippen LogP contribution in [0.3, 0.4) is 0 Å². The summed E-state index contributed by atoms with van der Waals surface area (Å²) < 4.78 is 0. The third kappa shape index (κ3) is 1.97. The average molecular weight is 238 g/mol. The lowest BCUT2D eigenvalue weighted by Gasteiger charge is -2.37. The molecule has 0 aliphatic carbocycles. The summed E-state index contributed by atoms with van der Waals surface area (Å²) in [5, 5.41) is 9.20. The highest BCUT2D eigenvalue weighted by molar-refractivity contribution is 5.71. The number of aliphatic carboxylic acids is 1. The van der Waals surface area contributed by atoms with Crippen molar-refractivity contribution in [2.24, 2.45) is 17.8 Å². The van der Waals surface area contributed by atoms with Crippen molar-refractivity contribution < 1.29 is 9.90 Å². The van der Waals surface area contributed by atoms with Crippen molar-refractivity contribution in [3.05, 3.63) is 0 Å². The second kappa shape index (κ2) is 4.25. The fraction of sp³-hybridized carbons (Fsp3) is 0.923. The minimum absolute atomic E-state index is 0.144. The van der Waals surface area contributed by atoms with Gasteiger partial charge in [0.25, 0.3) is 0 Å². The molecular weight excluding hydrogens is 216 g/mol. The zero-order chi connectivity index (χ0) is 12.0. The van der Waals surface area contributed by atoms with E-state index < -0.39 is 5.97 Å². The zero-order valence-corrected chi connectivity index (χ0v) is 10.5. The Balaban J connectivity index is 1.67. The van der Waals surface area contributed by atoms with E-state index in [1.165, 1.54) is 32.5 Å². The second-order valence-corrected chi connectivity index (χ2v) is 6.08. The summed E-state index contributed by atoms with van der Waals surface area (Å²) >= 11 is 0. The van der Waals surface area contributed by atoms with Gasteiger partial charge in [0.2, 0.25) is 0 Å². The van der Waals surface area contributed by atoms with E-state index in [9.17, 15) is 9.90 Å². The van der Waals surface area contributed by atoms with Crippen LogP contribution in [-0.2, 0) is 4.79 Å². The highest BCUT2D eigenvalue weighted by Gasteiger charge is 2.43. The molecule has 3 heterocycles. The fourth-order valence-electron chi connectivity index (χ4n) is 4.01. The Kier molecular flexibility index (Phi) is 2.87. The molecule has 2 bridgehead atoms. The van der Waals surface area contributed by atoms with Gasteiger partial charge in [-0.15, -0.1) is 0 Å². The molecular formula is C13H22N2O2. The summed E-state index contributed by atoms with van der Waals surface area (Å²) in [6, 6.07) is 0.653. The van der Waals surface area contributed by atoms with Crippen LogP contribution < -0.4 is 0 Å². The number of fused-ring (bicyclic) bond motifs is 2. The number of likely N-dealkylation sites (tertiary alicyclic amines) is 1. The van der Waals surface area contributed by atoms with Crippen LogP contribution in [-0.4, -0.2) is 59.6 Å². The molecule has 3 aliphatic rings. The SMILES string of the molecule is C[C@@H]1CN(C2CCN3CCC2C3)C[C@H]1C(=O)O. The van der Waals surface area contributed by atoms with Crippen LogP contribution in [0.15, 0.2) is 0 Å². The third-order valence-corrected chi connectivity index (χ3v) is 5.02. The van der Waals surface area contributed by atoms with Crippen LogP contribution >= 0.6 is 0 Å². The van der Waals surface area contributed by atoms with Crippen LogP contribution in [0.25, 0.3) is 0 Å². The number of hydrogen-bond acceptors (Lipinski definition) is 3. The van der Waals surface area contributed by atoms with Gasteiger partial charge in [-0.05, 0) is 37.8 Å². The topological polar surface area (TPSA) is 43.8 Å². The Morgan fingerprint density at radius 3 is 2.65 bits per heavy atom. The van der Waals surface area contributed by atoms with Gasteiger partial charge in [-0.2, -0.15) is 0 Å². The van der Waals surface area contributed by atoms with Gasteiger partial charge in [-0.25, -0.2) is 0 Å². The van der Waals surface area contributed by atoms with Crippen molar-refractivity contribution in [1.29, 1.82) is 0 Å². The molecule has 0 aromatic heterocycles. The molecule has 0 radical (unpaired) electrons. The van der Waals surface area contributed by atoms with Gasteiger partial charge in [0.1, 0.15) is 0 Å². The van der Waals surface area contributed by atoms with E-state index in [0.717, 1.165) is 19.0 Å². The first-order valence-corrected chi connectivity index (χ1v) is 6.84. The van der Waals surface area contributed by atoms with Crippen molar-refractivity contribution in [2.75, 3.05) is 32.7 Å². The number of hydrogen-bond donors (Lipinski definition) is 1. The number of carboxylic acids is 1. The van der Waals surface area contributed by atoms with Crippen molar-refractivity contribution in [3.63, 3.8) is 0 Å². The maximum Gasteiger partial charge on any atom is 0.308 e. The number of piperidine rings is 1.